The molecule has 13 nitrogen and oxygen atoms in total. The second-order valence-corrected chi connectivity index (χ2v) is 9.20. The van der Waals surface area contributed by atoms with Crippen LogP contribution < -0.4 is 32.7 Å². The molecule has 1 heterocycles. The van der Waals surface area contributed by atoms with Crippen LogP contribution in [0.1, 0.15) is 31.2 Å². The fourth-order valence-electron chi connectivity index (χ4n) is 4.18. The highest BCUT2D eigenvalue weighted by Gasteiger charge is 2.30. The first-order valence-corrected chi connectivity index (χ1v) is 12.7. The number of benzene rings is 2. The lowest BCUT2D eigenvalue weighted by Gasteiger charge is -2.24. The number of nitro benzene ring substituents is 1. The molecule has 0 radical (unpaired) electrons. The zero-order valence-electron chi connectivity index (χ0n) is 21.5. The Bertz CT molecular complexity index is 1160. The molecule has 0 spiro atoms. The van der Waals surface area contributed by atoms with Crippen molar-refractivity contribution >= 4 is 35.1 Å². The molecular formula is C26H34N8O5. The summed E-state index contributed by atoms with van der Waals surface area (Å²) in [5, 5.41) is 22.3. The van der Waals surface area contributed by atoms with Crippen LogP contribution in [0.2, 0.25) is 0 Å². The number of non-ortho nitro benzene ring substituents is 1. The van der Waals surface area contributed by atoms with Gasteiger partial charge in [-0.25, -0.2) is 0 Å². The van der Waals surface area contributed by atoms with Crippen molar-refractivity contribution in [2.75, 3.05) is 18.4 Å². The van der Waals surface area contributed by atoms with Gasteiger partial charge in [-0.15, -0.1) is 0 Å². The minimum absolute atomic E-state index is 0.0860. The summed E-state index contributed by atoms with van der Waals surface area (Å²) in [6, 6.07) is 12.3. The van der Waals surface area contributed by atoms with Crippen LogP contribution in [0, 0.1) is 10.1 Å². The maximum absolute atomic E-state index is 13.5. The molecule has 1 aliphatic heterocycles. The Morgan fingerprint density at radius 3 is 2.36 bits per heavy atom. The van der Waals surface area contributed by atoms with Crippen molar-refractivity contribution in [3.63, 3.8) is 0 Å². The van der Waals surface area contributed by atoms with Gasteiger partial charge in [0, 0.05) is 30.8 Å². The molecule has 0 bridgehead atoms. The lowest BCUT2D eigenvalue weighted by atomic mass is 10.0. The summed E-state index contributed by atoms with van der Waals surface area (Å²) in [5.74, 6) is -1.40. The average molecular weight is 539 g/mol. The van der Waals surface area contributed by atoms with E-state index in [2.05, 4.69) is 26.3 Å². The molecule has 3 atom stereocenters. The van der Waals surface area contributed by atoms with E-state index in [9.17, 15) is 24.5 Å². The number of nitro groups is 1. The van der Waals surface area contributed by atoms with Crippen LogP contribution in [0.3, 0.4) is 0 Å². The van der Waals surface area contributed by atoms with E-state index >= 15 is 0 Å². The predicted octanol–water partition coefficient (Wildman–Crippen LogP) is 0.551. The minimum Gasteiger partial charge on any atom is -0.370 e. The molecule has 1 aliphatic rings. The van der Waals surface area contributed by atoms with E-state index in [0.717, 1.165) is 18.5 Å². The normalized spacial score (nSPS) is 15.9. The Morgan fingerprint density at radius 2 is 1.74 bits per heavy atom. The number of anilines is 1. The first-order chi connectivity index (χ1) is 18.7. The van der Waals surface area contributed by atoms with Gasteiger partial charge < -0.3 is 32.7 Å². The molecule has 13 heteroatoms. The third kappa shape index (κ3) is 9.38. The van der Waals surface area contributed by atoms with E-state index in [1.165, 1.54) is 24.3 Å². The highest BCUT2D eigenvalue weighted by Crippen LogP contribution is 2.16. The average Bonchev–Trinajstić information content (AvgIpc) is 3.46. The van der Waals surface area contributed by atoms with Crippen molar-refractivity contribution < 1.29 is 19.3 Å². The zero-order valence-corrected chi connectivity index (χ0v) is 21.5. The summed E-state index contributed by atoms with van der Waals surface area (Å²) in [5.41, 5.74) is 11.8. The van der Waals surface area contributed by atoms with Crippen molar-refractivity contribution in [2.45, 2.75) is 50.2 Å². The molecule has 2 aromatic carbocycles. The number of hydrogen-bond acceptors (Lipinski definition) is 7. The largest absolute Gasteiger partial charge is 0.370 e. The molecule has 39 heavy (non-hydrogen) atoms. The SMILES string of the molecule is NC(N)=NCCC[C@H](NC(=O)[C@@H](Cc1ccccc1)NC(=O)[C@@H]1CCCN1)C(=O)Nc1ccc([N+](=O)[O-])cc1. The lowest BCUT2D eigenvalue weighted by Crippen LogP contribution is -2.55. The van der Waals surface area contributed by atoms with Crippen molar-refractivity contribution in [3.05, 3.63) is 70.3 Å². The van der Waals surface area contributed by atoms with Gasteiger partial charge in [-0.3, -0.25) is 29.5 Å². The number of nitrogens with two attached hydrogens (primary N) is 2. The van der Waals surface area contributed by atoms with E-state index in [0.29, 0.717) is 18.5 Å². The van der Waals surface area contributed by atoms with Crippen LogP contribution >= 0.6 is 0 Å². The smallest absolute Gasteiger partial charge is 0.269 e. The third-order valence-electron chi connectivity index (χ3n) is 6.22. The van der Waals surface area contributed by atoms with Gasteiger partial charge in [0.05, 0.1) is 11.0 Å². The molecule has 1 fully saturated rings. The minimum atomic E-state index is -0.985. The second-order valence-electron chi connectivity index (χ2n) is 9.20. The third-order valence-corrected chi connectivity index (χ3v) is 6.22. The van der Waals surface area contributed by atoms with Gasteiger partial charge in [-0.1, -0.05) is 30.3 Å². The van der Waals surface area contributed by atoms with Crippen LogP contribution in [-0.4, -0.2) is 59.8 Å². The van der Waals surface area contributed by atoms with Gasteiger partial charge in [0.25, 0.3) is 5.69 Å². The van der Waals surface area contributed by atoms with Gasteiger partial charge in [0.1, 0.15) is 12.1 Å². The molecule has 3 rings (SSSR count). The van der Waals surface area contributed by atoms with Gasteiger partial charge in [-0.2, -0.15) is 0 Å². The fourth-order valence-corrected chi connectivity index (χ4v) is 4.18. The van der Waals surface area contributed by atoms with Crippen molar-refractivity contribution in [2.24, 2.45) is 16.5 Å². The molecule has 8 N–H and O–H groups in total. The monoisotopic (exact) mass is 538 g/mol. The maximum atomic E-state index is 13.5. The van der Waals surface area contributed by atoms with E-state index in [1.54, 1.807) is 0 Å². The van der Waals surface area contributed by atoms with Crippen LogP contribution in [0.15, 0.2) is 59.6 Å². The molecule has 1 saturated heterocycles. The first-order valence-electron chi connectivity index (χ1n) is 12.7. The quantitative estimate of drug-likeness (QED) is 0.0696. The number of carbonyl (C=O) groups is 3. The van der Waals surface area contributed by atoms with Gasteiger partial charge in [0.2, 0.25) is 17.7 Å². The maximum Gasteiger partial charge on any atom is 0.269 e. The summed E-state index contributed by atoms with van der Waals surface area (Å²) in [6.07, 6.45) is 2.37. The molecule has 0 saturated carbocycles. The zero-order chi connectivity index (χ0) is 28.2. The molecular weight excluding hydrogens is 504 g/mol. The Labute approximate surface area is 226 Å². The summed E-state index contributed by atoms with van der Waals surface area (Å²) in [7, 11) is 0. The van der Waals surface area contributed by atoms with Gasteiger partial charge in [-0.05, 0) is 49.9 Å². The van der Waals surface area contributed by atoms with E-state index < -0.39 is 28.8 Å². The Morgan fingerprint density at radius 1 is 1.03 bits per heavy atom. The van der Waals surface area contributed by atoms with Crippen molar-refractivity contribution in [1.82, 2.24) is 16.0 Å². The van der Waals surface area contributed by atoms with Crippen LogP contribution in [0.4, 0.5) is 11.4 Å². The molecule has 2 aromatic rings. The van der Waals surface area contributed by atoms with E-state index in [1.807, 2.05) is 30.3 Å². The molecule has 0 aliphatic carbocycles. The van der Waals surface area contributed by atoms with Crippen molar-refractivity contribution in [3.8, 4) is 0 Å². The number of carbonyl (C=O) groups excluding carboxylic acids is 3. The summed E-state index contributed by atoms with van der Waals surface area (Å²) >= 11 is 0. The molecule has 0 aromatic heterocycles. The Balaban J connectivity index is 1.75. The van der Waals surface area contributed by atoms with Crippen LogP contribution in [0.25, 0.3) is 0 Å². The van der Waals surface area contributed by atoms with Crippen molar-refractivity contribution in [1.29, 1.82) is 0 Å². The number of aliphatic imine (C=N–C) groups is 1. The molecule has 208 valence electrons. The number of nitrogens with zero attached hydrogens (tertiary/aromatic N) is 2. The van der Waals surface area contributed by atoms with E-state index in [4.69, 9.17) is 11.5 Å². The highest BCUT2D eigenvalue weighted by molar-refractivity contribution is 5.98. The van der Waals surface area contributed by atoms with Gasteiger partial charge in [0.15, 0.2) is 5.96 Å². The predicted molar refractivity (Wildman–Crippen MR) is 147 cm³/mol. The highest BCUT2D eigenvalue weighted by atomic mass is 16.6. The molecule has 0 unspecified atom stereocenters. The standard InChI is InChI=1S/C26H34N8O5/c27-26(28)30-15-5-9-21(24(36)31-18-10-12-19(13-11-18)34(38)39)32-25(37)22(16-17-6-2-1-3-7-17)33-23(35)20-8-4-14-29-20/h1-3,6-7,10-13,20-22,29H,4-5,8-9,14-16H2,(H,31,36)(H,32,37)(H,33,35)(H4,27,28,30)/t20-,21-,22+/m0/s1. The Hall–Kier alpha value is -4.52. The summed E-state index contributed by atoms with van der Waals surface area (Å²) in [4.78, 5) is 53.8. The van der Waals surface area contributed by atoms with Gasteiger partial charge >= 0.3 is 0 Å². The fraction of sp³-hybridized carbons (Fsp3) is 0.385. The lowest BCUT2D eigenvalue weighted by molar-refractivity contribution is -0.384. The first kappa shape index (κ1) is 29.0. The second kappa shape index (κ2) is 14.4. The summed E-state index contributed by atoms with van der Waals surface area (Å²) in [6.45, 7) is 0.978. The summed E-state index contributed by atoms with van der Waals surface area (Å²) < 4.78 is 0. The number of hydrogen-bond donors (Lipinski definition) is 6. The van der Waals surface area contributed by atoms with Crippen LogP contribution in [0.5, 0.6) is 0 Å². The Kier molecular flexibility index (Phi) is 10.7. The van der Waals surface area contributed by atoms with E-state index in [-0.39, 0.29) is 43.0 Å². The number of guanidine groups is 1. The molecule has 3 amide bonds. The number of amides is 3. The number of rotatable bonds is 13. The topological polar surface area (TPSA) is 207 Å². The number of nitrogens with one attached hydrogen (secondary N) is 4. The van der Waals surface area contributed by atoms with Crippen LogP contribution in [-0.2, 0) is 20.8 Å².